The minimum Gasteiger partial charge on any atom is -0.325 e. The van der Waals surface area contributed by atoms with E-state index in [1.54, 1.807) is 17.0 Å². The van der Waals surface area contributed by atoms with E-state index in [0.717, 1.165) is 36.9 Å². The Morgan fingerprint density at radius 1 is 1.15 bits per heavy atom. The van der Waals surface area contributed by atoms with E-state index in [2.05, 4.69) is 26.2 Å². The van der Waals surface area contributed by atoms with Crippen LogP contribution in [0.15, 0.2) is 42.7 Å². The van der Waals surface area contributed by atoms with Crippen molar-refractivity contribution in [3.05, 3.63) is 64.7 Å². The lowest BCUT2D eigenvalue weighted by molar-refractivity contribution is -0.135. The van der Waals surface area contributed by atoms with Gasteiger partial charge >= 0.3 is 0 Å². The highest BCUT2D eigenvalue weighted by Crippen LogP contribution is 2.49. The molecular formula is C28H25ClFN7O3. The SMILES string of the molecule is O=C(Nc1ccc2c(c1)C1(CCCC1)C(=O)N2)[C@@H]1CC[C@@H]2CC(c3c(-n4cnnn4)ccc(Cl)c3F)=CC(=O)N21. The first-order valence-corrected chi connectivity index (χ1v) is 13.7. The molecule has 2 N–H and O–H groups in total. The average Bonchev–Trinajstić information content (AvgIpc) is 3.74. The Morgan fingerprint density at radius 3 is 2.75 bits per heavy atom. The zero-order chi connectivity index (χ0) is 27.6. The number of halogens is 2. The van der Waals surface area contributed by atoms with Gasteiger partial charge in [-0.1, -0.05) is 24.4 Å². The van der Waals surface area contributed by atoms with Gasteiger partial charge in [0.2, 0.25) is 17.7 Å². The normalized spacial score (nSPS) is 22.8. The summed E-state index contributed by atoms with van der Waals surface area (Å²) in [5.74, 6) is -1.27. The molecule has 1 aromatic heterocycles. The van der Waals surface area contributed by atoms with Gasteiger partial charge in [0, 0.05) is 29.1 Å². The molecule has 2 fully saturated rings. The lowest BCUT2D eigenvalue weighted by atomic mass is 9.80. The van der Waals surface area contributed by atoms with Gasteiger partial charge in [-0.3, -0.25) is 14.4 Å². The zero-order valence-electron chi connectivity index (χ0n) is 21.4. The Balaban J connectivity index is 1.14. The van der Waals surface area contributed by atoms with Crippen LogP contribution in [0.1, 0.15) is 56.1 Å². The fourth-order valence-electron chi connectivity index (χ4n) is 6.89. The highest BCUT2D eigenvalue weighted by Gasteiger charge is 2.49. The first-order chi connectivity index (χ1) is 19.4. The molecule has 12 heteroatoms. The van der Waals surface area contributed by atoms with E-state index in [-0.39, 0.29) is 34.3 Å². The number of carbonyl (C=O) groups excluding carboxylic acids is 3. The molecule has 3 aliphatic heterocycles. The van der Waals surface area contributed by atoms with Gasteiger partial charge in [0.25, 0.3) is 0 Å². The predicted octanol–water partition coefficient (Wildman–Crippen LogP) is 4.00. The van der Waals surface area contributed by atoms with E-state index in [9.17, 15) is 14.4 Å². The monoisotopic (exact) mass is 561 g/mol. The minimum atomic E-state index is -0.660. The van der Waals surface area contributed by atoms with Gasteiger partial charge in [0.15, 0.2) is 5.82 Å². The summed E-state index contributed by atoms with van der Waals surface area (Å²) in [5, 5.41) is 17.0. The van der Waals surface area contributed by atoms with Crippen LogP contribution < -0.4 is 10.6 Å². The molecule has 2 aromatic carbocycles. The summed E-state index contributed by atoms with van der Waals surface area (Å²) >= 11 is 6.10. The van der Waals surface area contributed by atoms with Gasteiger partial charge in [-0.2, -0.15) is 4.68 Å². The van der Waals surface area contributed by atoms with Crippen LogP contribution in [0.5, 0.6) is 0 Å². The van der Waals surface area contributed by atoms with Crippen molar-refractivity contribution in [3.8, 4) is 5.69 Å². The number of aromatic nitrogens is 4. The van der Waals surface area contributed by atoms with Crippen LogP contribution in [0, 0.1) is 5.82 Å². The number of carbonyl (C=O) groups is 3. The van der Waals surface area contributed by atoms with Gasteiger partial charge in [-0.15, -0.1) is 5.10 Å². The molecule has 4 heterocycles. The van der Waals surface area contributed by atoms with Crippen LogP contribution in [0.3, 0.4) is 0 Å². The molecule has 4 aliphatic rings. The van der Waals surface area contributed by atoms with Crippen molar-refractivity contribution in [2.45, 2.75) is 62.4 Å². The third-order valence-corrected chi connectivity index (χ3v) is 9.04. The first kappa shape index (κ1) is 24.9. The lowest BCUT2D eigenvalue weighted by Crippen LogP contribution is -2.48. The third kappa shape index (κ3) is 3.75. The molecule has 3 amide bonds. The van der Waals surface area contributed by atoms with E-state index >= 15 is 4.39 Å². The fraction of sp³-hybridized carbons (Fsp3) is 0.357. The average molecular weight is 562 g/mol. The molecule has 0 unspecified atom stereocenters. The van der Waals surface area contributed by atoms with E-state index in [1.165, 1.54) is 23.2 Å². The summed E-state index contributed by atoms with van der Waals surface area (Å²) < 4.78 is 16.6. The predicted molar refractivity (Wildman–Crippen MR) is 144 cm³/mol. The maximum absolute atomic E-state index is 15.3. The minimum absolute atomic E-state index is 0.0306. The number of nitrogens with zero attached hydrogens (tertiary/aromatic N) is 5. The fourth-order valence-corrected chi connectivity index (χ4v) is 7.04. The molecule has 1 spiro atoms. The Labute approximate surface area is 233 Å². The number of rotatable bonds is 4. The molecule has 0 radical (unpaired) electrons. The van der Waals surface area contributed by atoms with Crippen molar-refractivity contribution in [2.24, 2.45) is 0 Å². The lowest BCUT2D eigenvalue weighted by Gasteiger charge is -2.33. The van der Waals surface area contributed by atoms with Crippen molar-refractivity contribution in [3.63, 3.8) is 0 Å². The number of hydrogen-bond acceptors (Lipinski definition) is 6. The van der Waals surface area contributed by atoms with Crippen LogP contribution in [-0.4, -0.2) is 54.9 Å². The topological polar surface area (TPSA) is 122 Å². The van der Waals surface area contributed by atoms with Crippen molar-refractivity contribution in [1.82, 2.24) is 25.1 Å². The van der Waals surface area contributed by atoms with Crippen molar-refractivity contribution in [2.75, 3.05) is 10.6 Å². The molecule has 1 saturated heterocycles. The first-order valence-electron chi connectivity index (χ1n) is 13.4. The maximum Gasteiger partial charge on any atom is 0.247 e. The van der Waals surface area contributed by atoms with Crippen molar-refractivity contribution in [1.29, 1.82) is 0 Å². The molecule has 0 bridgehead atoms. The van der Waals surface area contributed by atoms with E-state index in [0.29, 0.717) is 36.2 Å². The second-order valence-corrected chi connectivity index (χ2v) is 11.3. The molecule has 1 aliphatic carbocycles. The van der Waals surface area contributed by atoms with Gasteiger partial charge < -0.3 is 15.5 Å². The molecule has 1 saturated carbocycles. The summed E-state index contributed by atoms with van der Waals surface area (Å²) in [6.45, 7) is 0. The number of nitrogens with one attached hydrogen (secondary N) is 2. The van der Waals surface area contributed by atoms with Gasteiger partial charge in [-0.05, 0) is 84.0 Å². The number of amides is 3. The van der Waals surface area contributed by atoms with E-state index in [4.69, 9.17) is 11.6 Å². The van der Waals surface area contributed by atoms with Gasteiger partial charge in [0.1, 0.15) is 12.4 Å². The Morgan fingerprint density at radius 2 is 1.98 bits per heavy atom. The number of anilines is 2. The van der Waals surface area contributed by atoms with Crippen LogP contribution in [0.2, 0.25) is 5.02 Å². The Bertz CT molecular complexity index is 1600. The number of tetrazole rings is 1. The van der Waals surface area contributed by atoms with Crippen LogP contribution in [-0.2, 0) is 19.8 Å². The standard InChI is InChI=1S/C28H25ClFN7O3/c29-19-5-8-21(36-14-31-34-35-36)24(25(19)30)15-11-17-4-7-22(37(17)23(38)12-15)26(39)32-16-3-6-20-18(13-16)28(27(40)33-20)9-1-2-10-28/h3,5-6,8,12-14,17,22H,1-2,4,7,9-11H2,(H,32,39)(H,33,40)/t17-,22+/m1/s1. The zero-order valence-corrected chi connectivity index (χ0v) is 22.1. The molecule has 40 heavy (non-hydrogen) atoms. The van der Waals surface area contributed by atoms with Gasteiger partial charge in [0.05, 0.1) is 16.1 Å². The molecule has 7 rings (SSSR count). The molecule has 2 atom stereocenters. The maximum atomic E-state index is 15.3. The summed E-state index contributed by atoms with van der Waals surface area (Å²) in [6, 6.07) is 7.59. The summed E-state index contributed by atoms with van der Waals surface area (Å²) in [6.07, 6.45) is 7.74. The number of hydrogen-bond donors (Lipinski definition) is 2. The van der Waals surface area contributed by atoms with E-state index in [1.807, 2.05) is 12.1 Å². The van der Waals surface area contributed by atoms with Crippen LogP contribution in [0.25, 0.3) is 11.3 Å². The quantitative estimate of drug-likeness (QED) is 0.496. The highest BCUT2D eigenvalue weighted by atomic mass is 35.5. The number of benzene rings is 2. The molecule has 10 nitrogen and oxygen atoms in total. The second-order valence-electron chi connectivity index (χ2n) is 10.9. The smallest absolute Gasteiger partial charge is 0.247 e. The van der Waals surface area contributed by atoms with Gasteiger partial charge in [-0.25, -0.2) is 4.39 Å². The Hall–Kier alpha value is -4.12. The largest absolute Gasteiger partial charge is 0.325 e. The third-order valence-electron chi connectivity index (χ3n) is 8.75. The summed E-state index contributed by atoms with van der Waals surface area (Å²) in [4.78, 5) is 41.2. The van der Waals surface area contributed by atoms with Crippen molar-refractivity contribution >= 4 is 46.3 Å². The summed E-state index contributed by atoms with van der Waals surface area (Å²) in [7, 11) is 0. The Kier molecular flexibility index (Phi) is 5.74. The molecule has 204 valence electrons. The van der Waals surface area contributed by atoms with Crippen molar-refractivity contribution < 1.29 is 18.8 Å². The number of fused-ring (bicyclic) bond motifs is 3. The van der Waals surface area contributed by atoms with Crippen LogP contribution >= 0.6 is 11.6 Å². The van der Waals surface area contributed by atoms with Crippen LogP contribution in [0.4, 0.5) is 15.8 Å². The summed E-state index contributed by atoms with van der Waals surface area (Å²) in [5.41, 5.74) is 2.83. The molecular weight excluding hydrogens is 537 g/mol. The second kappa shape index (κ2) is 9.22. The highest BCUT2D eigenvalue weighted by molar-refractivity contribution is 6.31. The van der Waals surface area contributed by atoms with E-state index < -0.39 is 17.3 Å². The molecule has 3 aromatic rings.